The molecule has 0 radical (unpaired) electrons. The lowest BCUT2D eigenvalue weighted by Gasteiger charge is -2.32. The molecule has 0 aliphatic heterocycles. The van der Waals surface area contributed by atoms with Crippen LogP contribution in [0.3, 0.4) is 0 Å². The smallest absolute Gasteiger partial charge is 0.0534 e. The molecule has 3 heteroatoms. The molecule has 0 aromatic carbocycles. The van der Waals surface area contributed by atoms with E-state index in [-0.39, 0.29) is 0 Å². The molecule has 0 saturated heterocycles. The molecule has 1 aromatic heterocycles. The second-order valence-corrected chi connectivity index (χ2v) is 6.66. The number of hydrogen-bond acceptors (Lipinski definition) is 2. The van der Waals surface area contributed by atoms with Gasteiger partial charge in [-0.1, -0.05) is 6.42 Å². The van der Waals surface area contributed by atoms with Gasteiger partial charge in [0.05, 0.1) is 6.20 Å². The van der Waals surface area contributed by atoms with Crippen LogP contribution in [0.25, 0.3) is 0 Å². The van der Waals surface area contributed by atoms with E-state index in [1.165, 1.54) is 37.7 Å². The summed E-state index contributed by atoms with van der Waals surface area (Å²) in [6.07, 6.45) is 11.6. The molecule has 0 spiro atoms. The Hall–Kier alpha value is -0.830. The van der Waals surface area contributed by atoms with E-state index in [0.717, 1.165) is 36.3 Å². The fourth-order valence-corrected chi connectivity index (χ4v) is 5.11. The highest BCUT2D eigenvalue weighted by molar-refractivity contribution is 5.08. The summed E-state index contributed by atoms with van der Waals surface area (Å²) in [5, 5.41) is 8.04. The van der Waals surface area contributed by atoms with Crippen molar-refractivity contribution in [3.63, 3.8) is 0 Å². The summed E-state index contributed by atoms with van der Waals surface area (Å²) in [6.45, 7) is 0.999. The lowest BCUT2D eigenvalue weighted by atomic mass is 9.79. The van der Waals surface area contributed by atoms with Crippen LogP contribution in [0.5, 0.6) is 0 Å². The molecule has 5 unspecified atom stereocenters. The van der Waals surface area contributed by atoms with Crippen molar-refractivity contribution in [2.45, 2.75) is 44.7 Å². The minimum absolute atomic E-state index is 0.787. The number of nitrogens with zero attached hydrogens (tertiary/aromatic N) is 2. The Bertz CT molecular complexity index is 439. The first-order chi connectivity index (χ1) is 8.81. The molecule has 3 saturated carbocycles. The van der Waals surface area contributed by atoms with Gasteiger partial charge < -0.3 is 5.32 Å². The lowest BCUT2D eigenvalue weighted by molar-refractivity contribution is 0.208. The van der Waals surface area contributed by atoms with Crippen molar-refractivity contribution < 1.29 is 0 Å². The second kappa shape index (κ2) is 4.09. The zero-order chi connectivity index (χ0) is 12.1. The van der Waals surface area contributed by atoms with Gasteiger partial charge in [0.1, 0.15) is 0 Å². The predicted molar refractivity (Wildman–Crippen MR) is 70.9 cm³/mol. The fourth-order valence-electron chi connectivity index (χ4n) is 5.11. The van der Waals surface area contributed by atoms with Gasteiger partial charge in [-0.2, -0.15) is 5.10 Å². The largest absolute Gasteiger partial charge is 0.310 e. The summed E-state index contributed by atoms with van der Waals surface area (Å²) in [7, 11) is 1.99. The zero-order valence-electron chi connectivity index (χ0n) is 11.2. The number of aromatic nitrogens is 2. The van der Waals surface area contributed by atoms with Crippen molar-refractivity contribution in [2.75, 3.05) is 0 Å². The normalized spacial score (nSPS) is 41.5. The molecule has 1 aromatic rings. The van der Waals surface area contributed by atoms with Crippen LogP contribution in [0.4, 0.5) is 0 Å². The number of aryl methyl sites for hydroxylation is 1. The molecule has 3 aliphatic rings. The standard InChI is InChI=1S/C15H23N3/c1-18-9-10(8-17-18)7-16-15-6-11-5-14(15)13-4-2-3-12(11)13/h8-9,11-16H,2-7H2,1H3. The van der Waals surface area contributed by atoms with Crippen molar-refractivity contribution in [3.8, 4) is 0 Å². The van der Waals surface area contributed by atoms with Crippen molar-refractivity contribution in [2.24, 2.45) is 30.7 Å². The Balaban J connectivity index is 1.39. The first-order valence-corrected chi connectivity index (χ1v) is 7.52. The molecule has 3 nitrogen and oxygen atoms in total. The number of rotatable bonds is 3. The van der Waals surface area contributed by atoms with Gasteiger partial charge >= 0.3 is 0 Å². The van der Waals surface area contributed by atoms with Crippen LogP contribution in [0.15, 0.2) is 12.4 Å². The highest BCUT2D eigenvalue weighted by atomic mass is 15.2. The number of nitrogens with one attached hydrogen (secondary N) is 1. The molecule has 1 N–H and O–H groups in total. The Morgan fingerprint density at radius 1 is 1.28 bits per heavy atom. The molecule has 2 bridgehead atoms. The summed E-state index contributed by atoms with van der Waals surface area (Å²) in [4.78, 5) is 0. The number of hydrogen-bond donors (Lipinski definition) is 1. The Kier molecular flexibility index (Phi) is 2.51. The summed E-state index contributed by atoms with van der Waals surface area (Å²) < 4.78 is 1.89. The van der Waals surface area contributed by atoms with Crippen molar-refractivity contribution in [3.05, 3.63) is 18.0 Å². The van der Waals surface area contributed by atoms with E-state index in [4.69, 9.17) is 0 Å². The molecular formula is C15H23N3. The molecule has 3 aliphatic carbocycles. The molecule has 3 fully saturated rings. The average Bonchev–Trinajstić information content (AvgIpc) is 3.08. The van der Waals surface area contributed by atoms with Crippen molar-refractivity contribution >= 4 is 0 Å². The van der Waals surface area contributed by atoms with Crippen LogP contribution >= 0.6 is 0 Å². The van der Waals surface area contributed by atoms with E-state index in [1.54, 1.807) is 0 Å². The number of fused-ring (bicyclic) bond motifs is 5. The monoisotopic (exact) mass is 245 g/mol. The van der Waals surface area contributed by atoms with Gasteiger partial charge in [-0.25, -0.2) is 0 Å². The maximum Gasteiger partial charge on any atom is 0.0534 e. The maximum atomic E-state index is 4.24. The summed E-state index contributed by atoms with van der Waals surface area (Å²) in [5.41, 5.74) is 1.32. The van der Waals surface area contributed by atoms with Gasteiger partial charge in [0.25, 0.3) is 0 Å². The van der Waals surface area contributed by atoms with Crippen LogP contribution < -0.4 is 5.32 Å². The minimum atomic E-state index is 0.787. The maximum absolute atomic E-state index is 4.24. The topological polar surface area (TPSA) is 29.9 Å². The molecular weight excluding hydrogens is 222 g/mol. The SMILES string of the molecule is Cn1cc(CNC2CC3CC2C2CCCC32)cn1. The predicted octanol–water partition coefficient (Wildman–Crippen LogP) is 2.33. The van der Waals surface area contributed by atoms with E-state index >= 15 is 0 Å². The molecule has 18 heavy (non-hydrogen) atoms. The lowest BCUT2D eigenvalue weighted by Crippen LogP contribution is -2.38. The van der Waals surface area contributed by atoms with Crippen LogP contribution in [0.1, 0.15) is 37.7 Å². The van der Waals surface area contributed by atoms with Gasteiger partial charge in [-0.3, -0.25) is 4.68 Å². The van der Waals surface area contributed by atoms with Gasteiger partial charge in [0.15, 0.2) is 0 Å². The Morgan fingerprint density at radius 2 is 2.17 bits per heavy atom. The second-order valence-electron chi connectivity index (χ2n) is 6.66. The fraction of sp³-hybridized carbons (Fsp3) is 0.800. The van der Waals surface area contributed by atoms with E-state index < -0.39 is 0 Å². The molecule has 4 rings (SSSR count). The Labute approximate surface area is 109 Å². The van der Waals surface area contributed by atoms with Crippen molar-refractivity contribution in [1.82, 2.24) is 15.1 Å². The molecule has 98 valence electrons. The van der Waals surface area contributed by atoms with Crippen LogP contribution in [0.2, 0.25) is 0 Å². The first-order valence-electron chi connectivity index (χ1n) is 7.52. The molecule has 1 heterocycles. The highest BCUT2D eigenvalue weighted by Gasteiger charge is 2.53. The quantitative estimate of drug-likeness (QED) is 0.886. The van der Waals surface area contributed by atoms with E-state index in [0.29, 0.717) is 0 Å². The van der Waals surface area contributed by atoms with Gasteiger partial charge in [-0.15, -0.1) is 0 Å². The van der Waals surface area contributed by atoms with Gasteiger partial charge in [-0.05, 0) is 49.4 Å². The summed E-state index contributed by atoms with van der Waals surface area (Å²) in [5.74, 6) is 4.20. The van der Waals surface area contributed by atoms with E-state index in [1.807, 2.05) is 17.9 Å². The third kappa shape index (κ3) is 1.63. The van der Waals surface area contributed by atoms with Crippen LogP contribution in [-0.2, 0) is 13.6 Å². The van der Waals surface area contributed by atoms with Crippen LogP contribution in [0, 0.1) is 23.7 Å². The highest BCUT2D eigenvalue weighted by Crippen LogP contribution is 2.58. The molecule has 5 atom stereocenters. The Morgan fingerprint density at radius 3 is 3.00 bits per heavy atom. The first kappa shape index (κ1) is 11.0. The third-order valence-corrected chi connectivity index (χ3v) is 5.76. The van der Waals surface area contributed by atoms with E-state index in [9.17, 15) is 0 Å². The average molecular weight is 245 g/mol. The van der Waals surface area contributed by atoms with Gasteiger partial charge in [0, 0.05) is 31.4 Å². The van der Waals surface area contributed by atoms with Crippen LogP contribution in [-0.4, -0.2) is 15.8 Å². The minimum Gasteiger partial charge on any atom is -0.310 e. The third-order valence-electron chi connectivity index (χ3n) is 5.76. The molecule has 0 amide bonds. The zero-order valence-corrected chi connectivity index (χ0v) is 11.2. The van der Waals surface area contributed by atoms with E-state index in [2.05, 4.69) is 16.6 Å². The summed E-state index contributed by atoms with van der Waals surface area (Å²) >= 11 is 0. The van der Waals surface area contributed by atoms with Crippen molar-refractivity contribution in [1.29, 1.82) is 0 Å². The summed E-state index contributed by atoms with van der Waals surface area (Å²) in [6, 6.07) is 0.787. The van der Waals surface area contributed by atoms with Gasteiger partial charge in [0.2, 0.25) is 0 Å².